The first-order chi connectivity index (χ1) is 12.1. The van der Waals surface area contributed by atoms with Crippen LogP contribution in [-0.4, -0.2) is 21.9 Å². The van der Waals surface area contributed by atoms with Crippen LogP contribution in [0.3, 0.4) is 0 Å². The number of benzene rings is 2. The SMILES string of the molecule is COc1ccc(Cc2nnc(-c3cc4cc(C)ccc4n3C)s2)cc1. The number of hydrogen-bond donors (Lipinski definition) is 0. The van der Waals surface area contributed by atoms with Crippen molar-refractivity contribution in [2.45, 2.75) is 13.3 Å². The molecule has 2 aromatic heterocycles. The van der Waals surface area contributed by atoms with Gasteiger partial charge in [-0.15, -0.1) is 10.2 Å². The summed E-state index contributed by atoms with van der Waals surface area (Å²) in [7, 11) is 3.76. The zero-order chi connectivity index (χ0) is 17.4. The molecule has 0 fully saturated rings. The van der Waals surface area contributed by atoms with Gasteiger partial charge in [-0.25, -0.2) is 0 Å². The molecule has 126 valence electrons. The van der Waals surface area contributed by atoms with Crippen molar-refractivity contribution >= 4 is 22.2 Å². The summed E-state index contributed by atoms with van der Waals surface area (Å²) in [5, 5.41) is 12.0. The van der Waals surface area contributed by atoms with Crippen LogP contribution in [0.5, 0.6) is 5.75 Å². The molecule has 0 N–H and O–H groups in total. The van der Waals surface area contributed by atoms with Gasteiger partial charge in [0.25, 0.3) is 0 Å². The number of hydrogen-bond acceptors (Lipinski definition) is 4. The Morgan fingerprint density at radius 1 is 1.04 bits per heavy atom. The Hall–Kier alpha value is -2.66. The molecule has 0 saturated carbocycles. The fourth-order valence-corrected chi connectivity index (χ4v) is 3.95. The Balaban J connectivity index is 1.63. The van der Waals surface area contributed by atoms with E-state index in [1.54, 1.807) is 18.4 Å². The zero-order valence-corrected chi connectivity index (χ0v) is 15.3. The van der Waals surface area contributed by atoms with E-state index in [1.165, 1.54) is 22.0 Å². The Morgan fingerprint density at radius 2 is 1.84 bits per heavy atom. The van der Waals surface area contributed by atoms with Gasteiger partial charge in [0.2, 0.25) is 0 Å². The van der Waals surface area contributed by atoms with E-state index in [2.05, 4.69) is 65.1 Å². The van der Waals surface area contributed by atoms with Crippen LogP contribution in [0.25, 0.3) is 21.6 Å². The second-order valence-electron chi connectivity index (χ2n) is 6.18. The average molecular weight is 349 g/mol. The number of fused-ring (bicyclic) bond motifs is 1. The smallest absolute Gasteiger partial charge is 0.164 e. The minimum absolute atomic E-state index is 0.782. The molecule has 0 unspecified atom stereocenters. The summed E-state index contributed by atoms with van der Waals surface area (Å²) in [4.78, 5) is 0. The minimum Gasteiger partial charge on any atom is -0.497 e. The minimum atomic E-state index is 0.782. The standard InChI is InChI=1S/C20H19N3OS/c1-13-4-9-17-15(10-13)12-18(23(17)2)20-22-21-19(25-20)11-14-5-7-16(24-3)8-6-14/h4-10,12H,11H2,1-3H3. The lowest BCUT2D eigenvalue weighted by Crippen LogP contribution is -1.90. The van der Waals surface area contributed by atoms with E-state index >= 15 is 0 Å². The Labute approximate surface area is 150 Å². The van der Waals surface area contributed by atoms with Crippen LogP contribution in [0.1, 0.15) is 16.1 Å². The van der Waals surface area contributed by atoms with Crippen molar-refractivity contribution in [1.82, 2.24) is 14.8 Å². The largest absolute Gasteiger partial charge is 0.497 e. The van der Waals surface area contributed by atoms with Crippen LogP contribution in [0, 0.1) is 6.92 Å². The summed E-state index contributed by atoms with van der Waals surface area (Å²) in [6.45, 7) is 2.12. The Morgan fingerprint density at radius 3 is 2.60 bits per heavy atom. The van der Waals surface area contributed by atoms with Gasteiger partial charge in [0, 0.05) is 24.4 Å². The third kappa shape index (κ3) is 3.03. The first-order valence-corrected chi connectivity index (χ1v) is 8.97. The third-order valence-electron chi connectivity index (χ3n) is 4.40. The van der Waals surface area contributed by atoms with E-state index in [-0.39, 0.29) is 0 Å². The van der Waals surface area contributed by atoms with Gasteiger partial charge in [0.15, 0.2) is 5.01 Å². The first kappa shape index (κ1) is 15.8. The van der Waals surface area contributed by atoms with Gasteiger partial charge in [-0.05, 0) is 42.8 Å². The van der Waals surface area contributed by atoms with Gasteiger partial charge < -0.3 is 9.30 Å². The fourth-order valence-electron chi connectivity index (χ4n) is 3.02. The molecule has 4 aromatic rings. The Bertz CT molecular complexity index is 1030. The van der Waals surface area contributed by atoms with Gasteiger partial charge in [0.1, 0.15) is 10.8 Å². The number of nitrogens with zero attached hydrogens (tertiary/aromatic N) is 3. The van der Waals surface area contributed by atoms with Crippen LogP contribution in [0.2, 0.25) is 0 Å². The number of rotatable bonds is 4. The van der Waals surface area contributed by atoms with Crippen LogP contribution >= 0.6 is 11.3 Å². The van der Waals surface area contributed by atoms with Gasteiger partial charge in [0.05, 0.1) is 12.8 Å². The summed E-state index contributed by atoms with van der Waals surface area (Å²) in [5.41, 5.74) is 4.80. The molecule has 0 atom stereocenters. The molecule has 0 aliphatic carbocycles. The molecule has 5 heteroatoms. The van der Waals surface area contributed by atoms with Crippen molar-refractivity contribution in [3.63, 3.8) is 0 Å². The molecule has 0 aliphatic heterocycles. The second kappa shape index (κ2) is 6.33. The van der Waals surface area contributed by atoms with Gasteiger partial charge in [-0.1, -0.05) is 35.1 Å². The maximum atomic E-state index is 5.20. The van der Waals surface area contributed by atoms with E-state index in [0.717, 1.165) is 27.9 Å². The van der Waals surface area contributed by atoms with Crippen molar-refractivity contribution in [2.24, 2.45) is 7.05 Å². The van der Waals surface area contributed by atoms with Crippen molar-refractivity contribution in [3.05, 3.63) is 64.7 Å². The van der Waals surface area contributed by atoms with Gasteiger partial charge >= 0.3 is 0 Å². The zero-order valence-electron chi connectivity index (χ0n) is 14.5. The summed E-state index contributed by atoms with van der Waals surface area (Å²) >= 11 is 1.65. The average Bonchev–Trinajstić information content (AvgIpc) is 3.20. The second-order valence-corrected chi connectivity index (χ2v) is 7.24. The van der Waals surface area contributed by atoms with Crippen molar-refractivity contribution < 1.29 is 4.74 Å². The topological polar surface area (TPSA) is 39.9 Å². The molecule has 25 heavy (non-hydrogen) atoms. The molecule has 0 saturated heterocycles. The maximum absolute atomic E-state index is 5.20. The van der Waals surface area contributed by atoms with Crippen molar-refractivity contribution in [1.29, 1.82) is 0 Å². The quantitative estimate of drug-likeness (QED) is 0.540. The molecule has 0 bridgehead atoms. The summed E-state index contributed by atoms with van der Waals surface area (Å²) in [6.07, 6.45) is 0.782. The van der Waals surface area contributed by atoms with E-state index in [9.17, 15) is 0 Å². The van der Waals surface area contributed by atoms with E-state index in [1.807, 2.05) is 12.1 Å². The van der Waals surface area contributed by atoms with Gasteiger partial charge in [-0.3, -0.25) is 0 Å². The highest BCUT2D eigenvalue weighted by molar-refractivity contribution is 7.14. The number of aryl methyl sites for hydroxylation is 2. The summed E-state index contributed by atoms with van der Waals surface area (Å²) < 4.78 is 7.39. The molecule has 0 radical (unpaired) electrons. The summed E-state index contributed by atoms with van der Waals surface area (Å²) in [5.74, 6) is 0.868. The molecule has 0 spiro atoms. The highest BCUT2D eigenvalue weighted by Gasteiger charge is 2.13. The highest BCUT2D eigenvalue weighted by Crippen LogP contribution is 2.30. The van der Waals surface area contributed by atoms with E-state index in [4.69, 9.17) is 4.74 Å². The molecule has 0 aliphatic rings. The third-order valence-corrected chi connectivity index (χ3v) is 5.34. The molecule has 0 amide bonds. The van der Waals surface area contributed by atoms with Crippen molar-refractivity contribution in [2.75, 3.05) is 7.11 Å². The Kier molecular flexibility index (Phi) is 4.01. The lowest BCUT2D eigenvalue weighted by Gasteiger charge is -2.01. The predicted molar refractivity (Wildman–Crippen MR) is 102 cm³/mol. The van der Waals surface area contributed by atoms with E-state index in [0.29, 0.717) is 0 Å². The summed E-state index contributed by atoms with van der Waals surface area (Å²) in [6, 6.07) is 16.8. The van der Waals surface area contributed by atoms with Crippen LogP contribution in [0.15, 0.2) is 48.5 Å². The molecular formula is C20H19N3OS. The molecule has 2 heterocycles. The number of methoxy groups -OCH3 is 1. The highest BCUT2D eigenvalue weighted by atomic mass is 32.1. The normalized spacial score (nSPS) is 11.2. The molecular weight excluding hydrogens is 330 g/mol. The fraction of sp³-hybridized carbons (Fsp3) is 0.200. The molecule has 2 aromatic carbocycles. The van der Waals surface area contributed by atoms with Crippen LogP contribution in [-0.2, 0) is 13.5 Å². The first-order valence-electron chi connectivity index (χ1n) is 8.16. The predicted octanol–water partition coefficient (Wildman–Crippen LogP) is 4.60. The molecule has 4 nitrogen and oxygen atoms in total. The monoisotopic (exact) mass is 349 g/mol. The van der Waals surface area contributed by atoms with Crippen molar-refractivity contribution in [3.8, 4) is 16.5 Å². The maximum Gasteiger partial charge on any atom is 0.164 e. The van der Waals surface area contributed by atoms with Crippen LogP contribution in [0.4, 0.5) is 0 Å². The van der Waals surface area contributed by atoms with Crippen LogP contribution < -0.4 is 4.74 Å². The number of ether oxygens (including phenoxy) is 1. The lowest BCUT2D eigenvalue weighted by atomic mass is 10.1. The van der Waals surface area contributed by atoms with E-state index < -0.39 is 0 Å². The molecule has 4 rings (SSSR count). The lowest BCUT2D eigenvalue weighted by molar-refractivity contribution is 0.414. The number of aromatic nitrogens is 3. The van der Waals surface area contributed by atoms with Gasteiger partial charge in [-0.2, -0.15) is 0 Å².